The number of nitrogens with zero attached hydrogens (tertiary/aromatic N) is 4. The summed E-state index contributed by atoms with van der Waals surface area (Å²) < 4.78 is 14.0. The van der Waals surface area contributed by atoms with Gasteiger partial charge in [0.1, 0.15) is 23.2 Å². The minimum atomic E-state index is -0.199. The van der Waals surface area contributed by atoms with Gasteiger partial charge in [-0.05, 0) is 25.5 Å². The molecule has 0 saturated carbocycles. The molecule has 6 nitrogen and oxygen atoms in total. The van der Waals surface area contributed by atoms with Crippen molar-refractivity contribution < 1.29 is 9.18 Å². The molecular formula is C20H26FN5O. The molecule has 1 fully saturated rings. The van der Waals surface area contributed by atoms with Crippen molar-refractivity contribution in [3.8, 4) is 0 Å². The number of carbonyl (C=O) groups is 1. The molecule has 144 valence electrons. The van der Waals surface area contributed by atoms with Crippen LogP contribution in [0.2, 0.25) is 0 Å². The van der Waals surface area contributed by atoms with Gasteiger partial charge < -0.3 is 15.1 Å². The van der Waals surface area contributed by atoms with Crippen LogP contribution in [-0.4, -0.2) is 48.6 Å². The fraction of sp³-hybridized carbons (Fsp3) is 0.450. The monoisotopic (exact) mass is 371 g/mol. The summed E-state index contributed by atoms with van der Waals surface area (Å²) in [6, 6.07) is 8.58. The van der Waals surface area contributed by atoms with Crippen LogP contribution in [0.25, 0.3) is 0 Å². The summed E-state index contributed by atoms with van der Waals surface area (Å²) in [5.74, 6) is 0.955. The lowest BCUT2D eigenvalue weighted by atomic mass is 10.2. The molecule has 0 aliphatic carbocycles. The number of nitrogens with one attached hydrogen (secondary N) is 1. The lowest BCUT2D eigenvalue weighted by molar-refractivity contribution is 0.0947. The quantitative estimate of drug-likeness (QED) is 0.791. The highest BCUT2D eigenvalue weighted by Crippen LogP contribution is 2.22. The third-order valence-electron chi connectivity index (χ3n) is 4.67. The van der Waals surface area contributed by atoms with Gasteiger partial charge in [-0.25, -0.2) is 14.4 Å². The van der Waals surface area contributed by atoms with Crippen molar-refractivity contribution in [2.45, 2.75) is 26.7 Å². The standard InChI is InChI=1S/C20H26FN5O/c1-3-4-9-22-20(27)17-14-19(24-15(2)23-17)26-12-10-25(11-13-26)18-8-6-5-7-16(18)21/h5-8,14H,3-4,9-13H2,1-2H3,(H,22,27). The predicted molar refractivity (Wildman–Crippen MR) is 105 cm³/mol. The van der Waals surface area contributed by atoms with Crippen LogP contribution >= 0.6 is 0 Å². The minimum Gasteiger partial charge on any atom is -0.366 e. The van der Waals surface area contributed by atoms with E-state index in [1.807, 2.05) is 11.0 Å². The molecule has 0 unspecified atom stereocenters. The largest absolute Gasteiger partial charge is 0.366 e. The molecule has 1 aromatic heterocycles. The Morgan fingerprint density at radius 2 is 1.85 bits per heavy atom. The van der Waals surface area contributed by atoms with Crippen LogP contribution in [0, 0.1) is 12.7 Å². The number of unbranched alkanes of at least 4 members (excludes halogenated alkanes) is 1. The molecule has 27 heavy (non-hydrogen) atoms. The third kappa shape index (κ3) is 4.72. The van der Waals surface area contributed by atoms with Crippen molar-refractivity contribution in [2.75, 3.05) is 42.5 Å². The molecule has 0 radical (unpaired) electrons. The number of amides is 1. The average Bonchev–Trinajstić information content (AvgIpc) is 2.68. The molecule has 0 spiro atoms. The molecule has 1 amide bonds. The van der Waals surface area contributed by atoms with Gasteiger partial charge >= 0.3 is 0 Å². The van der Waals surface area contributed by atoms with E-state index >= 15 is 0 Å². The van der Waals surface area contributed by atoms with Crippen molar-refractivity contribution in [1.82, 2.24) is 15.3 Å². The molecular weight excluding hydrogens is 345 g/mol. The van der Waals surface area contributed by atoms with Crippen LogP contribution in [0.1, 0.15) is 36.1 Å². The highest BCUT2D eigenvalue weighted by Gasteiger charge is 2.21. The molecule has 1 N–H and O–H groups in total. The SMILES string of the molecule is CCCCNC(=O)c1cc(N2CCN(c3ccccc3F)CC2)nc(C)n1. The second-order valence-electron chi connectivity index (χ2n) is 6.69. The minimum absolute atomic E-state index is 0.166. The zero-order valence-electron chi connectivity index (χ0n) is 15.9. The van der Waals surface area contributed by atoms with Gasteiger partial charge in [-0.2, -0.15) is 0 Å². The van der Waals surface area contributed by atoms with Gasteiger partial charge in [-0.3, -0.25) is 4.79 Å². The Labute approximate surface area is 159 Å². The number of carbonyl (C=O) groups excluding carboxylic acids is 1. The smallest absolute Gasteiger partial charge is 0.270 e. The number of aryl methyl sites for hydroxylation is 1. The summed E-state index contributed by atoms with van der Waals surface area (Å²) in [7, 11) is 0. The maximum absolute atomic E-state index is 14.0. The Morgan fingerprint density at radius 1 is 1.15 bits per heavy atom. The fourth-order valence-electron chi connectivity index (χ4n) is 3.18. The van der Waals surface area contributed by atoms with Crippen molar-refractivity contribution in [1.29, 1.82) is 0 Å². The summed E-state index contributed by atoms with van der Waals surface area (Å²) in [5.41, 5.74) is 1.03. The maximum atomic E-state index is 14.0. The van der Waals surface area contributed by atoms with Crippen LogP contribution in [0.15, 0.2) is 30.3 Å². The van der Waals surface area contributed by atoms with Gasteiger partial charge in [0.2, 0.25) is 0 Å². The summed E-state index contributed by atoms with van der Waals surface area (Å²) in [5, 5.41) is 2.89. The number of rotatable bonds is 6. The summed E-state index contributed by atoms with van der Waals surface area (Å²) in [6.07, 6.45) is 1.97. The first-order valence-corrected chi connectivity index (χ1v) is 9.47. The van der Waals surface area contributed by atoms with Crippen LogP contribution in [0.5, 0.6) is 0 Å². The Balaban J connectivity index is 1.67. The van der Waals surface area contributed by atoms with E-state index in [1.54, 1.807) is 25.1 Å². The zero-order chi connectivity index (χ0) is 19.2. The van der Waals surface area contributed by atoms with Gasteiger partial charge in [0.05, 0.1) is 5.69 Å². The molecule has 7 heteroatoms. The van der Waals surface area contributed by atoms with Crippen LogP contribution in [-0.2, 0) is 0 Å². The highest BCUT2D eigenvalue weighted by molar-refractivity contribution is 5.92. The second kappa shape index (κ2) is 8.79. The van der Waals surface area contributed by atoms with Gasteiger partial charge in [-0.1, -0.05) is 25.5 Å². The zero-order valence-corrected chi connectivity index (χ0v) is 15.9. The molecule has 1 saturated heterocycles. The van der Waals surface area contributed by atoms with Gasteiger partial charge in [-0.15, -0.1) is 0 Å². The number of anilines is 2. The molecule has 0 atom stereocenters. The summed E-state index contributed by atoms with van der Waals surface area (Å²) >= 11 is 0. The third-order valence-corrected chi connectivity index (χ3v) is 4.67. The number of hydrogen-bond donors (Lipinski definition) is 1. The molecule has 0 bridgehead atoms. The topological polar surface area (TPSA) is 61.4 Å². The lowest BCUT2D eigenvalue weighted by Gasteiger charge is -2.36. The van der Waals surface area contributed by atoms with Gasteiger partial charge in [0, 0.05) is 38.8 Å². The van der Waals surface area contributed by atoms with Crippen molar-refractivity contribution in [2.24, 2.45) is 0 Å². The lowest BCUT2D eigenvalue weighted by Crippen LogP contribution is -2.47. The second-order valence-corrected chi connectivity index (χ2v) is 6.69. The van der Waals surface area contributed by atoms with E-state index in [0.717, 1.165) is 18.7 Å². The first-order valence-electron chi connectivity index (χ1n) is 9.47. The number of piperazine rings is 1. The van der Waals surface area contributed by atoms with E-state index < -0.39 is 0 Å². The van der Waals surface area contributed by atoms with Gasteiger partial charge in [0.15, 0.2) is 0 Å². The Morgan fingerprint density at radius 3 is 2.56 bits per heavy atom. The van der Waals surface area contributed by atoms with E-state index in [2.05, 4.69) is 27.1 Å². The predicted octanol–water partition coefficient (Wildman–Crippen LogP) is 2.78. The van der Waals surface area contributed by atoms with E-state index in [4.69, 9.17) is 0 Å². The molecule has 1 aliphatic heterocycles. The Kier molecular flexibility index (Phi) is 6.21. The highest BCUT2D eigenvalue weighted by atomic mass is 19.1. The van der Waals surface area contributed by atoms with Crippen molar-refractivity contribution in [3.05, 3.63) is 47.7 Å². The van der Waals surface area contributed by atoms with E-state index in [0.29, 0.717) is 49.9 Å². The normalized spacial score (nSPS) is 14.3. The number of hydrogen-bond acceptors (Lipinski definition) is 5. The Bertz CT molecular complexity index is 790. The van der Waals surface area contributed by atoms with Crippen LogP contribution < -0.4 is 15.1 Å². The summed E-state index contributed by atoms with van der Waals surface area (Å²) in [4.78, 5) is 25.2. The molecule has 1 aromatic carbocycles. The number of aromatic nitrogens is 2. The maximum Gasteiger partial charge on any atom is 0.270 e. The average molecular weight is 371 g/mol. The van der Waals surface area contributed by atoms with Gasteiger partial charge in [0.25, 0.3) is 5.91 Å². The molecule has 2 heterocycles. The number of para-hydroxylation sites is 1. The summed E-state index contributed by atoms with van der Waals surface area (Å²) in [6.45, 7) is 7.34. The van der Waals surface area contributed by atoms with Crippen molar-refractivity contribution in [3.63, 3.8) is 0 Å². The molecule has 1 aliphatic rings. The fourth-order valence-corrected chi connectivity index (χ4v) is 3.18. The van der Waals surface area contributed by atoms with E-state index in [1.165, 1.54) is 6.07 Å². The number of benzene rings is 1. The Hall–Kier alpha value is -2.70. The van der Waals surface area contributed by atoms with E-state index in [-0.39, 0.29) is 11.7 Å². The van der Waals surface area contributed by atoms with Crippen LogP contribution in [0.3, 0.4) is 0 Å². The molecule has 2 aromatic rings. The van der Waals surface area contributed by atoms with E-state index in [9.17, 15) is 9.18 Å². The number of halogens is 1. The molecule has 3 rings (SSSR count). The first kappa shape index (κ1) is 19.1. The first-order chi connectivity index (χ1) is 13.1. The van der Waals surface area contributed by atoms with Crippen LogP contribution in [0.4, 0.5) is 15.9 Å². The van der Waals surface area contributed by atoms with Crippen molar-refractivity contribution >= 4 is 17.4 Å².